The number of thiophene rings is 1. The molecule has 1 amide bonds. The molecule has 3 nitrogen and oxygen atoms in total. The highest BCUT2D eigenvalue weighted by atomic mass is 35.5. The van der Waals surface area contributed by atoms with Gasteiger partial charge in [-0.05, 0) is 48.9 Å². The predicted molar refractivity (Wildman–Crippen MR) is 113 cm³/mol. The predicted octanol–water partition coefficient (Wildman–Crippen LogP) is 6.42. The van der Waals surface area contributed by atoms with Gasteiger partial charge in [0.15, 0.2) is 0 Å². The Morgan fingerprint density at radius 2 is 1.78 bits per heavy atom. The molecule has 1 N–H and O–H groups in total. The highest BCUT2D eigenvalue weighted by Crippen LogP contribution is 2.35. The number of aryl methyl sites for hydroxylation is 1. The van der Waals surface area contributed by atoms with Crippen molar-refractivity contribution < 1.29 is 4.79 Å². The first-order chi connectivity index (χ1) is 13.1. The fourth-order valence-corrected chi connectivity index (χ4v) is 4.09. The molecule has 134 valence electrons. The summed E-state index contributed by atoms with van der Waals surface area (Å²) in [5, 5.41) is 5.64. The van der Waals surface area contributed by atoms with Crippen LogP contribution in [0, 0.1) is 6.92 Å². The number of nitrogens with zero attached hydrogens (tertiary/aromatic N) is 1. The molecule has 0 radical (unpaired) electrons. The lowest BCUT2D eigenvalue weighted by Gasteiger charge is -2.11. The second kappa shape index (κ2) is 7.43. The highest BCUT2D eigenvalue weighted by Gasteiger charge is 2.20. The van der Waals surface area contributed by atoms with Crippen LogP contribution in [0.2, 0.25) is 5.02 Å². The Kier molecular flexibility index (Phi) is 4.84. The largest absolute Gasteiger partial charge is 0.322 e. The van der Waals surface area contributed by atoms with E-state index in [4.69, 9.17) is 11.6 Å². The maximum absolute atomic E-state index is 13.0. The van der Waals surface area contributed by atoms with Crippen LogP contribution in [0.5, 0.6) is 0 Å². The molecule has 0 saturated heterocycles. The van der Waals surface area contributed by atoms with Gasteiger partial charge in [-0.2, -0.15) is 0 Å². The standard InChI is InChI=1S/C22H17ClN2OS/c1-15-5-4-6-16(13-15)19-14-27-21(20(19)25-11-2-3-12-25)22(26)24-18-9-7-17(23)8-10-18/h2-14H,1H3,(H,24,26). The molecule has 0 fully saturated rings. The number of amides is 1. The lowest BCUT2D eigenvalue weighted by Crippen LogP contribution is -2.12. The van der Waals surface area contributed by atoms with Crippen molar-refractivity contribution >= 4 is 34.5 Å². The summed E-state index contributed by atoms with van der Waals surface area (Å²) in [6, 6.07) is 19.3. The van der Waals surface area contributed by atoms with Crippen LogP contribution in [0.25, 0.3) is 16.8 Å². The number of carbonyl (C=O) groups excluding carboxylic acids is 1. The van der Waals surface area contributed by atoms with E-state index in [0.29, 0.717) is 15.6 Å². The molecule has 0 saturated carbocycles. The van der Waals surface area contributed by atoms with E-state index in [0.717, 1.165) is 16.8 Å². The summed E-state index contributed by atoms with van der Waals surface area (Å²) in [7, 11) is 0. The second-order valence-electron chi connectivity index (χ2n) is 6.25. The number of carbonyl (C=O) groups is 1. The van der Waals surface area contributed by atoms with Crippen LogP contribution in [0.4, 0.5) is 5.69 Å². The summed E-state index contributed by atoms with van der Waals surface area (Å²) < 4.78 is 1.99. The van der Waals surface area contributed by atoms with Crippen LogP contribution in [-0.2, 0) is 0 Å². The van der Waals surface area contributed by atoms with Crippen molar-refractivity contribution in [2.75, 3.05) is 5.32 Å². The molecule has 0 aliphatic heterocycles. The van der Waals surface area contributed by atoms with Crippen molar-refractivity contribution in [3.63, 3.8) is 0 Å². The maximum Gasteiger partial charge on any atom is 0.267 e. The highest BCUT2D eigenvalue weighted by molar-refractivity contribution is 7.13. The molecule has 27 heavy (non-hydrogen) atoms. The zero-order valence-electron chi connectivity index (χ0n) is 14.6. The van der Waals surface area contributed by atoms with Crippen molar-refractivity contribution in [2.45, 2.75) is 6.92 Å². The van der Waals surface area contributed by atoms with Crippen LogP contribution in [0.3, 0.4) is 0 Å². The van der Waals surface area contributed by atoms with E-state index < -0.39 is 0 Å². The van der Waals surface area contributed by atoms with E-state index in [1.807, 2.05) is 40.5 Å². The summed E-state index contributed by atoms with van der Waals surface area (Å²) >= 11 is 7.37. The molecule has 2 aromatic heterocycles. The molecule has 0 atom stereocenters. The van der Waals surface area contributed by atoms with Gasteiger partial charge in [0.2, 0.25) is 0 Å². The molecule has 0 unspecified atom stereocenters. The molecular formula is C22H17ClN2OS. The maximum atomic E-state index is 13.0. The molecule has 0 aliphatic rings. The SMILES string of the molecule is Cc1cccc(-c2csc(C(=O)Nc3ccc(Cl)cc3)c2-n2cccc2)c1. The number of hydrogen-bond donors (Lipinski definition) is 1. The Hall–Kier alpha value is -2.82. The minimum Gasteiger partial charge on any atom is -0.322 e. The molecule has 2 heterocycles. The van der Waals surface area contributed by atoms with Gasteiger partial charge in [0.25, 0.3) is 5.91 Å². The third kappa shape index (κ3) is 3.68. The molecular weight excluding hydrogens is 376 g/mol. The van der Waals surface area contributed by atoms with Crippen molar-refractivity contribution in [2.24, 2.45) is 0 Å². The monoisotopic (exact) mass is 392 g/mol. The number of hydrogen-bond acceptors (Lipinski definition) is 2. The van der Waals surface area contributed by atoms with Gasteiger partial charge < -0.3 is 9.88 Å². The first-order valence-corrected chi connectivity index (χ1v) is 9.76. The molecule has 0 spiro atoms. The van der Waals surface area contributed by atoms with E-state index in [9.17, 15) is 4.79 Å². The Morgan fingerprint density at radius 3 is 2.48 bits per heavy atom. The minimum atomic E-state index is -0.134. The van der Waals surface area contributed by atoms with E-state index in [1.165, 1.54) is 16.9 Å². The first-order valence-electron chi connectivity index (χ1n) is 8.50. The van der Waals surface area contributed by atoms with Gasteiger partial charge in [-0.15, -0.1) is 11.3 Å². The van der Waals surface area contributed by atoms with Crippen LogP contribution >= 0.6 is 22.9 Å². The quantitative estimate of drug-likeness (QED) is 0.427. The second-order valence-corrected chi connectivity index (χ2v) is 7.56. The summed E-state index contributed by atoms with van der Waals surface area (Å²) in [6.07, 6.45) is 3.92. The van der Waals surface area contributed by atoms with E-state index in [-0.39, 0.29) is 5.91 Å². The minimum absolute atomic E-state index is 0.134. The fraction of sp³-hybridized carbons (Fsp3) is 0.0455. The lowest BCUT2D eigenvalue weighted by molar-refractivity contribution is 0.103. The van der Waals surface area contributed by atoms with E-state index in [1.54, 1.807) is 24.3 Å². The smallest absolute Gasteiger partial charge is 0.267 e. The van der Waals surface area contributed by atoms with Crippen molar-refractivity contribution in [1.29, 1.82) is 0 Å². The number of anilines is 1. The number of halogens is 1. The van der Waals surface area contributed by atoms with E-state index >= 15 is 0 Å². The summed E-state index contributed by atoms with van der Waals surface area (Å²) in [5.41, 5.74) is 4.93. The van der Waals surface area contributed by atoms with Crippen molar-refractivity contribution in [1.82, 2.24) is 4.57 Å². The zero-order chi connectivity index (χ0) is 18.8. The van der Waals surface area contributed by atoms with Crippen molar-refractivity contribution in [3.05, 3.63) is 93.9 Å². The average Bonchev–Trinajstić information content (AvgIpc) is 3.32. The molecule has 4 aromatic rings. The molecule has 0 aliphatic carbocycles. The third-order valence-corrected chi connectivity index (χ3v) is 5.48. The molecule has 4 rings (SSSR count). The van der Waals surface area contributed by atoms with Crippen LogP contribution < -0.4 is 5.32 Å². The molecule has 5 heteroatoms. The van der Waals surface area contributed by atoms with Gasteiger partial charge in [0.1, 0.15) is 4.88 Å². The molecule has 0 bridgehead atoms. The van der Waals surface area contributed by atoms with Gasteiger partial charge in [0, 0.05) is 34.0 Å². The van der Waals surface area contributed by atoms with E-state index in [2.05, 4.69) is 30.4 Å². The zero-order valence-corrected chi connectivity index (χ0v) is 16.2. The Morgan fingerprint density at radius 1 is 1.04 bits per heavy atom. The van der Waals surface area contributed by atoms with Gasteiger partial charge in [-0.1, -0.05) is 41.4 Å². The Bertz CT molecular complexity index is 1080. The number of benzene rings is 2. The first kappa shape index (κ1) is 17.6. The van der Waals surface area contributed by atoms with Gasteiger partial charge in [-0.3, -0.25) is 4.79 Å². The van der Waals surface area contributed by atoms with Crippen LogP contribution in [-0.4, -0.2) is 10.5 Å². The number of rotatable bonds is 4. The van der Waals surface area contributed by atoms with Crippen LogP contribution in [0.15, 0.2) is 78.4 Å². The van der Waals surface area contributed by atoms with Gasteiger partial charge in [-0.25, -0.2) is 0 Å². The Balaban J connectivity index is 1.77. The third-order valence-electron chi connectivity index (χ3n) is 4.26. The topological polar surface area (TPSA) is 34.0 Å². The summed E-state index contributed by atoms with van der Waals surface area (Å²) in [6.45, 7) is 2.07. The normalized spacial score (nSPS) is 10.7. The number of nitrogens with one attached hydrogen (secondary N) is 1. The fourth-order valence-electron chi connectivity index (χ4n) is 2.99. The van der Waals surface area contributed by atoms with Gasteiger partial charge in [0.05, 0.1) is 5.69 Å². The summed E-state index contributed by atoms with van der Waals surface area (Å²) in [4.78, 5) is 13.6. The summed E-state index contributed by atoms with van der Waals surface area (Å²) in [5.74, 6) is -0.134. The average molecular weight is 393 g/mol. The number of aromatic nitrogens is 1. The molecule has 2 aromatic carbocycles. The lowest BCUT2D eigenvalue weighted by atomic mass is 10.0. The van der Waals surface area contributed by atoms with Gasteiger partial charge >= 0.3 is 0 Å². The van der Waals surface area contributed by atoms with Crippen molar-refractivity contribution in [3.8, 4) is 16.8 Å². The Labute approximate surface area is 166 Å². The van der Waals surface area contributed by atoms with Crippen LogP contribution in [0.1, 0.15) is 15.2 Å².